The first-order valence-electron chi connectivity index (χ1n) is 9.25. The molecule has 0 aromatic heterocycles. The predicted molar refractivity (Wildman–Crippen MR) is 102 cm³/mol. The first kappa shape index (κ1) is 20.2. The van der Waals surface area contributed by atoms with Crippen molar-refractivity contribution in [1.82, 2.24) is 0 Å². The highest BCUT2D eigenvalue weighted by atomic mass is 16.5. The molecule has 0 amide bonds. The molecule has 142 valence electrons. The highest BCUT2D eigenvalue weighted by Crippen LogP contribution is 2.28. The van der Waals surface area contributed by atoms with E-state index in [1.165, 1.54) is 11.1 Å². The maximum Gasteiger partial charge on any atom is 0.161 e. The number of methoxy groups -OCH3 is 1. The second kappa shape index (κ2) is 10.8. The molecule has 0 radical (unpaired) electrons. The maximum absolute atomic E-state index is 9.23. The van der Waals surface area contributed by atoms with Gasteiger partial charge >= 0.3 is 0 Å². The Hall–Kier alpha value is -2.08. The molecule has 0 aliphatic heterocycles. The standard InChI is InChI=1S/C21H30N2O3/c1-16-4-6-18(7-5-16)15-26-20-9-8-19(12-21(20)25-3)14-23-11-10-22-13-17(2)24/h4-9,12,17,22-24H,10-11,13-15H2,1-3H3/p+2/t17-/m1/s1. The highest BCUT2D eigenvalue weighted by Gasteiger charge is 2.08. The van der Waals surface area contributed by atoms with Crippen LogP contribution in [0.5, 0.6) is 11.5 Å². The molecule has 5 heteroatoms. The smallest absolute Gasteiger partial charge is 0.161 e. The van der Waals surface area contributed by atoms with E-state index in [4.69, 9.17) is 9.47 Å². The zero-order chi connectivity index (χ0) is 18.8. The topological polar surface area (TPSA) is 71.9 Å². The lowest BCUT2D eigenvalue weighted by Gasteiger charge is -2.12. The van der Waals surface area contributed by atoms with E-state index in [0.29, 0.717) is 6.61 Å². The zero-order valence-electron chi connectivity index (χ0n) is 16.1. The number of ether oxygens (including phenoxy) is 2. The number of quaternary nitrogens is 2. The SMILES string of the molecule is COc1cc(C[NH2+]CC[NH2+]C[C@@H](C)O)ccc1OCc1ccc(C)cc1. The molecule has 0 unspecified atom stereocenters. The van der Waals surface area contributed by atoms with E-state index in [0.717, 1.165) is 43.2 Å². The van der Waals surface area contributed by atoms with E-state index >= 15 is 0 Å². The number of aliphatic hydroxyl groups is 1. The molecular formula is C21H32N2O3+2. The van der Waals surface area contributed by atoms with Crippen molar-refractivity contribution in [2.24, 2.45) is 0 Å². The van der Waals surface area contributed by atoms with Crippen LogP contribution in [0.25, 0.3) is 0 Å². The maximum atomic E-state index is 9.23. The fraction of sp³-hybridized carbons (Fsp3) is 0.429. The van der Waals surface area contributed by atoms with Crippen molar-refractivity contribution in [3.8, 4) is 11.5 Å². The van der Waals surface area contributed by atoms with Gasteiger partial charge in [0.2, 0.25) is 0 Å². The summed E-state index contributed by atoms with van der Waals surface area (Å²) in [6, 6.07) is 14.5. The van der Waals surface area contributed by atoms with E-state index < -0.39 is 0 Å². The number of nitrogens with two attached hydrogens (primary N) is 2. The lowest BCUT2D eigenvalue weighted by atomic mass is 10.1. The molecule has 5 nitrogen and oxygen atoms in total. The summed E-state index contributed by atoms with van der Waals surface area (Å²) in [4.78, 5) is 0. The zero-order valence-corrected chi connectivity index (χ0v) is 16.1. The number of hydrogen-bond acceptors (Lipinski definition) is 3. The summed E-state index contributed by atoms with van der Waals surface area (Å²) in [5.41, 5.74) is 3.60. The number of aryl methyl sites for hydroxylation is 1. The third kappa shape index (κ3) is 7.04. The van der Waals surface area contributed by atoms with Crippen molar-refractivity contribution in [3.63, 3.8) is 0 Å². The molecule has 0 aliphatic carbocycles. The van der Waals surface area contributed by atoms with Gasteiger partial charge in [0.15, 0.2) is 11.5 Å². The van der Waals surface area contributed by atoms with E-state index in [9.17, 15) is 5.11 Å². The van der Waals surface area contributed by atoms with Crippen LogP contribution in [0.4, 0.5) is 0 Å². The number of aliphatic hydroxyl groups excluding tert-OH is 1. The van der Waals surface area contributed by atoms with Gasteiger partial charge in [0, 0.05) is 5.56 Å². The van der Waals surface area contributed by atoms with Crippen LogP contribution in [0.3, 0.4) is 0 Å². The Balaban J connectivity index is 1.81. The Kier molecular flexibility index (Phi) is 8.41. The normalized spacial score (nSPS) is 12.0. The van der Waals surface area contributed by atoms with Crippen molar-refractivity contribution >= 4 is 0 Å². The van der Waals surface area contributed by atoms with Crippen LogP contribution in [0.15, 0.2) is 42.5 Å². The second-order valence-corrected chi connectivity index (χ2v) is 6.70. The van der Waals surface area contributed by atoms with Crippen LogP contribution < -0.4 is 20.1 Å². The van der Waals surface area contributed by atoms with Gasteiger partial charge in [0.25, 0.3) is 0 Å². The highest BCUT2D eigenvalue weighted by molar-refractivity contribution is 5.42. The second-order valence-electron chi connectivity index (χ2n) is 6.70. The molecule has 5 N–H and O–H groups in total. The summed E-state index contributed by atoms with van der Waals surface area (Å²) in [7, 11) is 1.67. The Morgan fingerprint density at radius 3 is 2.35 bits per heavy atom. The van der Waals surface area contributed by atoms with Gasteiger partial charge in [0.1, 0.15) is 32.8 Å². The van der Waals surface area contributed by atoms with Gasteiger partial charge in [-0.1, -0.05) is 29.8 Å². The lowest BCUT2D eigenvalue weighted by Crippen LogP contribution is -2.95. The average molecular weight is 360 g/mol. The van der Waals surface area contributed by atoms with Gasteiger partial charge in [-0.05, 0) is 37.6 Å². The molecule has 0 saturated carbocycles. The molecule has 0 aliphatic rings. The summed E-state index contributed by atoms with van der Waals surface area (Å²) >= 11 is 0. The molecule has 2 rings (SSSR count). The van der Waals surface area contributed by atoms with Crippen molar-refractivity contribution in [3.05, 3.63) is 59.2 Å². The van der Waals surface area contributed by atoms with Gasteiger partial charge in [-0.25, -0.2) is 0 Å². The van der Waals surface area contributed by atoms with E-state index in [2.05, 4.69) is 47.9 Å². The van der Waals surface area contributed by atoms with Crippen LogP contribution in [0.2, 0.25) is 0 Å². The third-order valence-electron chi connectivity index (χ3n) is 4.21. The van der Waals surface area contributed by atoms with Gasteiger partial charge < -0.3 is 25.2 Å². The van der Waals surface area contributed by atoms with Crippen LogP contribution in [0, 0.1) is 6.92 Å². The minimum atomic E-state index is -0.244. The van der Waals surface area contributed by atoms with Gasteiger partial charge in [0.05, 0.1) is 13.2 Å². The summed E-state index contributed by atoms with van der Waals surface area (Å²) in [6.07, 6.45) is -0.244. The van der Waals surface area contributed by atoms with Crippen LogP contribution in [-0.4, -0.2) is 38.0 Å². The molecule has 2 aromatic rings. The van der Waals surface area contributed by atoms with E-state index in [1.807, 2.05) is 19.1 Å². The summed E-state index contributed by atoms with van der Waals surface area (Å²) in [5.74, 6) is 1.53. The molecule has 0 heterocycles. The first-order chi connectivity index (χ1) is 12.6. The molecule has 26 heavy (non-hydrogen) atoms. The fourth-order valence-electron chi connectivity index (χ4n) is 2.67. The van der Waals surface area contributed by atoms with Gasteiger partial charge in [-0.3, -0.25) is 0 Å². The molecule has 1 atom stereocenters. The molecule has 2 aromatic carbocycles. The minimum absolute atomic E-state index is 0.244. The summed E-state index contributed by atoms with van der Waals surface area (Å²) in [5, 5.41) is 13.6. The number of rotatable bonds is 11. The van der Waals surface area contributed by atoms with Crippen LogP contribution in [0.1, 0.15) is 23.6 Å². The first-order valence-corrected chi connectivity index (χ1v) is 9.25. The quantitative estimate of drug-likeness (QED) is 0.514. The van der Waals surface area contributed by atoms with Crippen molar-refractivity contribution in [2.75, 3.05) is 26.7 Å². The van der Waals surface area contributed by atoms with Crippen molar-refractivity contribution < 1.29 is 25.2 Å². The Morgan fingerprint density at radius 1 is 0.962 bits per heavy atom. The Morgan fingerprint density at radius 2 is 1.65 bits per heavy atom. The van der Waals surface area contributed by atoms with Crippen LogP contribution in [-0.2, 0) is 13.2 Å². The van der Waals surface area contributed by atoms with Crippen LogP contribution >= 0.6 is 0 Å². The molecule has 0 saturated heterocycles. The van der Waals surface area contributed by atoms with Gasteiger partial charge in [-0.15, -0.1) is 0 Å². The predicted octanol–water partition coefficient (Wildman–Crippen LogP) is 0.590. The molecule has 0 spiro atoms. The fourth-order valence-corrected chi connectivity index (χ4v) is 2.67. The summed E-state index contributed by atoms with van der Waals surface area (Å²) in [6.45, 7) is 8.09. The molecule has 0 bridgehead atoms. The summed E-state index contributed by atoms with van der Waals surface area (Å²) < 4.78 is 11.4. The van der Waals surface area contributed by atoms with E-state index in [1.54, 1.807) is 7.11 Å². The van der Waals surface area contributed by atoms with Gasteiger partial charge in [-0.2, -0.15) is 0 Å². The largest absolute Gasteiger partial charge is 0.493 e. The van der Waals surface area contributed by atoms with Crippen molar-refractivity contribution in [2.45, 2.75) is 33.1 Å². The lowest BCUT2D eigenvalue weighted by molar-refractivity contribution is -0.733. The Labute approximate surface area is 156 Å². The molecular weight excluding hydrogens is 328 g/mol. The average Bonchev–Trinajstić information content (AvgIpc) is 2.64. The third-order valence-corrected chi connectivity index (χ3v) is 4.21. The molecule has 0 fully saturated rings. The monoisotopic (exact) mass is 360 g/mol. The number of benzene rings is 2. The van der Waals surface area contributed by atoms with Crippen molar-refractivity contribution in [1.29, 1.82) is 0 Å². The Bertz CT molecular complexity index is 657. The van der Waals surface area contributed by atoms with E-state index in [-0.39, 0.29) is 6.10 Å². The minimum Gasteiger partial charge on any atom is -0.493 e. The number of hydrogen-bond donors (Lipinski definition) is 3.